The molecule has 2 N–H and O–H groups in total. The predicted molar refractivity (Wildman–Crippen MR) is 127 cm³/mol. The highest BCUT2D eigenvalue weighted by molar-refractivity contribution is 5.94. The minimum atomic E-state index is -4.39. The van der Waals surface area contributed by atoms with Gasteiger partial charge in [-0.2, -0.15) is 18.4 Å². The van der Waals surface area contributed by atoms with Crippen LogP contribution in [0.4, 0.5) is 24.7 Å². The van der Waals surface area contributed by atoms with Crippen LogP contribution in [-0.2, 0) is 0 Å². The SMILES string of the molecule is Cc1cc([C@@H](C)Nc2ccccc2C(=O)O)c2nc(N3CCC[C@@H](C(F)(F)F)C3)c(C#N)c(=O)n2c1. The molecule has 1 fully saturated rings. The van der Waals surface area contributed by atoms with Crippen molar-refractivity contribution in [2.75, 3.05) is 23.3 Å². The number of para-hydroxylation sites is 1. The number of alkyl halides is 3. The van der Waals surface area contributed by atoms with Crippen molar-refractivity contribution in [2.45, 2.75) is 38.9 Å². The Morgan fingerprint density at radius 2 is 2.06 bits per heavy atom. The molecule has 0 unspecified atom stereocenters. The van der Waals surface area contributed by atoms with Crippen molar-refractivity contribution in [3.05, 3.63) is 69.1 Å². The number of halogens is 3. The van der Waals surface area contributed by atoms with Crippen molar-refractivity contribution in [1.29, 1.82) is 5.26 Å². The van der Waals surface area contributed by atoms with Crippen molar-refractivity contribution in [2.24, 2.45) is 5.92 Å². The molecule has 0 radical (unpaired) electrons. The number of anilines is 2. The first-order valence-electron chi connectivity index (χ1n) is 11.4. The summed E-state index contributed by atoms with van der Waals surface area (Å²) >= 11 is 0. The van der Waals surface area contributed by atoms with E-state index in [2.05, 4.69) is 10.3 Å². The topological polar surface area (TPSA) is 111 Å². The van der Waals surface area contributed by atoms with E-state index in [4.69, 9.17) is 0 Å². The fraction of sp³-hybridized carbons (Fsp3) is 0.360. The Morgan fingerprint density at radius 3 is 2.72 bits per heavy atom. The predicted octanol–water partition coefficient (Wildman–Crippen LogP) is 4.52. The van der Waals surface area contributed by atoms with Gasteiger partial charge in [0.15, 0.2) is 11.4 Å². The zero-order valence-corrected chi connectivity index (χ0v) is 19.6. The summed E-state index contributed by atoms with van der Waals surface area (Å²) in [5.41, 5.74) is 0.832. The summed E-state index contributed by atoms with van der Waals surface area (Å²) in [5.74, 6) is -2.76. The van der Waals surface area contributed by atoms with E-state index in [1.807, 2.05) is 6.07 Å². The molecule has 0 aliphatic carbocycles. The molecule has 1 aliphatic heterocycles. The maximum absolute atomic E-state index is 13.4. The first-order chi connectivity index (χ1) is 17.0. The number of carbonyl (C=O) groups is 1. The minimum Gasteiger partial charge on any atom is -0.478 e. The van der Waals surface area contributed by atoms with E-state index in [1.165, 1.54) is 21.6 Å². The molecule has 1 aromatic carbocycles. The molecule has 8 nitrogen and oxygen atoms in total. The number of aromatic nitrogens is 2. The number of pyridine rings is 1. The summed E-state index contributed by atoms with van der Waals surface area (Å²) in [6.45, 7) is 3.37. The molecule has 36 heavy (non-hydrogen) atoms. The number of rotatable bonds is 5. The highest BCUT2D eigenvalue weighted by Crippen LogP contribution is 2.35. The number of nitrogens with one attached hydrogen (secondary N) is 1. The first-order valence-corrected chi connectivity index (χ1v) is 11.4. The van der Waals surface area contributed by atoms with E-state index in [1.54, 1.807) is 38.1 Å². The normalized spacial score (nSPS) is 17.0. The lowest BCUT2D eigenvalue weighted by Crippen LogP contribution is -2.43. The number of aryl methyl sites for hydroxylation is 1. The summed E-state index contributed by atoms with van der Waals surface area (Å²) < 4.78 is 41.5. The van der Waals surface area contributed by atoms with Gasteiger partial charge in [-0.3, -0.25) is 9.20 Å². The van der Waals surface area contributed by atoms with Crippen LogP contribution < -0.4 is 15.8 Å². The summed E-state index contributed by atoms with van der Waals surface area (Å²) in [5, 5.41) is 22.4. The van der Waals surface area contributed by atoms with Crippen molar-refractivity contribution in [1.82, 2.24) is 9.38 Å². The zero-order chi connectivity index (χ0) is 26.2. The number of hydrogen-bond donors (Lipinski definition) is 2. The van der Waals surface area contributed by atoms with Crippen LogP contribution in [0.1, 0.15) is 52.9 Å². The second kappa shape index (κ2) is 9.53. The van der Waals surface area contributed by atoms with Crippen LogP contribution >= 0.6 is 0 Å². The van der Waals surface area contributed by atoms with Crippen LogP contribution in [0.15, 0.2) is 41.3 Å². The van der Waals surface area contributed by atoms with Crippen LogP contribution in [0.2, 0.25) is 0 Å². The van der Waals surface area contributed by atoms with Gasteiger partial charge in [-0.25, -0.2) is 9.78 Å². The molecule has 2 atom stereocenters. The molecular formula is C25H24F3N5O3. The third-order valence-corrected chi connectivity index (χ3v) is 6.36. The molecule has 3 aromatic rings. The van der Waals surface area contributed by atoms with Crippen LogP contribution in [0.25, 0.3) is 5.65 Å². The van der Waals surface area contributed by atoms with Crippen molar-refractivity contribution >= 4 is 23.1 Å². The third kappa shape index (κ3) is 4.71. The van der Waals surface area contributed by atoms with Crippen molar-refractivity contribution in [3.8, 4) is 6.07 Å². The monoisotopic (exact) mass is 499 g/mol. The maximum atomic E-state index is 13.4. The van der Waals surface area contributed by atoms with E-state index in [0.29, 0.717) is 16.8 Å². The summed E-state index contributed by atoms with van der Waals surface area (Å²) in [4.78, 5) is 30.8. The van der Waals surface area contributed by atoms with Gasteiger partial charge in [0, 0.05) is 30.5 Å². The average Bonchev–Trinajstić information content (AvgIpc) is 2.83. The van der Waals surface area contributed by atoms with Gasteiger partial charge in [0.05, 0.1) is 17.5 Å². The number of piperidine rings is 1. The van der Waals surface area contributed by atoms with E-state index in [0.717, 1.165) is 0 Å². The maximum Gasteiger partial charge on any atom is 0.393 e. The van der Waals surface area contributed by atoms with Crippen LogP contribution in [0, 0.1) is 24.2 Å². The van der Waals surface area contributed by atoms with Gasteiger partial charge in [0.2, 0.25) is 0 Å². The van der Waals surface area contributed by atoms with Crippen LogP contribution in [0.3, 0.4) is 0 Å². The fourth-order valence-corrected chi connectivity index (χ4v) is 4.58. The average molecular weight is 499 g/mol. The minimum absolute atomic E-state index is 0.0250. The van der Waals surface area contributed by atoms with Gasteiger partial charge < -0.3 is 15.3 Å². The number of aromatic carboxylic acids is 1. The second-order valence-corrected chi connectivity index (χ2v) is 8.94. The van der Waals surface area contributed by atoms with E-state index in [-0.39, 0.29) is 48.5 Å². The molecule has 0 amide bonds. The third-order valence-electron chi connectivity index (χ3n) is 6.36. The number of carboxylic acid groups (broad SMARTS) is 1. The molecule has 3 heterocycles. The van der Waals surface area contributed by atoms with E-state index >= 15 is 0 Å². The van der Waals surface area contributed by atoms with Crippen LogP contribution in [0.5, 0.6) is 0 Å². The molecule has 0 spiro atoms. The standard InChI is InChI=1S/C25H24F3N5O3/c1-14-10-18(15(2)30-20-8-4-3-7-17(20)24(35)36)22-31-21(19(11-29)23(34)33(22)12-14)32-9-5-6-16(13-32)25(26,27)28/h3-4,7-8,10,12,15-16,30H,5-6,9,13H2,1-2H3,(H,35,36)/t15-,16-/m1/s1. The smallest absolute Gasteiger partial charge is 0.393 e. The largest absolute Gasteiger partial charge is 0.478 e. The first kappa shape index (κ1) is 25.0. The summed E-state index contributed by atoms with van der Waals surface area (Å²) in [7, 11) is 0. The number of carboxylic acids is 1. The van der Waals surface area contributed by atoms with Crippen molar-refractivity contribution < 1.29 is 23.1 Å². The molecule has 188 valence electrons. The van der Waals surface area contributed by atoms with Gasteiger partial charge in [0.1, 0.15) is 11.7 Å². The fourth-order valence-electron chi connectivity index (χ4n) is 4.58. The number of fused-ring (bicyclic) bond motifs is 1. The number of nitriles is 1. The Kier molecular flexibility index (Phi) is 6.63. The quantitative estimate of drug-likeness (QED) is 0.531. The summed E-state index contributed by atoms with van der Waals surface area (Å²) in [6.07, 6.45) is -2.65. The molecule has 0 bridgehead atoms. The molecule has 4 rings (SSSR count). The van der Waals surface area contributed by atoms with E-state index in [9.17, 15) is 33.1 Å². The van der Waals surface area contributed by atoms with Gasteiger partial charge in [-0.15, -0.1) is 0 Å². The van der Waals surface area contributed by atoms with Gasteiger partial charge >= 0.3 is 12.1 Å². The zero-order valence-electron chi connectivity index (χ0n) is 19.6. The van der Waals surface area contributed by atoms with Gasteiger partial charge in [-0.1, -0.05) is 12.1 Å². The van der Waals surface area contributed by atoms with E-state index < -0.39 is 29.7 Å². The lowest BCUT2D eigenvalue weighted by molar-refractivity contribution is -0.176. The molecule has 1 aliphatic rings. The molecule has 1 saturated heterocycles. The van der Waals surface area contributed by atoms with Crippen LogP contribution in [-0.4, -0.2) is 39.7 Å². The molecule has 11 heteroatoms. The lowest BCUT2D eigenvalue weighted by atomic mass is 9.97. The Labute approximate surface area is 204 Å². The number of nitrogens with zero attached hydrogens (tertiary/aromatic N) is 4. The molecule has 0 saturated carbocycles. The number of hydrogen-bond acceptors (Lipinski definition) is 6. The Balaban J connectivity index is 1.84. The summed E-state index contributed by atoms with van der Waals surface area (Å²) in [6, 6.07) is 9.43. The Morgan fingerprint density at radius 1 is 1.33 bits per heavy atom. The highest BCUT2D eigenvalue weighted by atomic mass is 19.4. The number of benzene rings is 1. The second-order valence-electron chi connectivity index (χ2n) is 8.94. The van der Waals surface area contributed by atoms with Crippen molar-refractivity contribution in [3.63, 3.8) is 0 Å². The van der Waals surface area contributed by atoms with Gasteiger partial charge in [0.25, 0.3) is 5.56 Å². The Bertz CT molecular complexity index is 1430. The van der Waals surface area contributed by atoms with Gasteiger partial charge in [-0.05, 0) is 50.5 Å². The molecule has 2 aromatic heterocycles. The lowest BCUT2D eigenvalue weighted by Gasteiger charge is -2.35. The highest BCUT2D eigenvalue weighted by Gasteiger charge is 2.42. The molecular weight excluding hydrogens is 475 g/mol. The Hall–Kier alpha value is -4.07.